The number of aliphatic imine (C=N–C) groups is 1. The number of hydrogen-bond acceptors (Lipinski definition) is 4. The minimum atomic E-state index is -3.19. The van der Waals surface area contributed by atoms with Crippen LogP contribution in [0.2, 0.25) is 0 Å². The first-order chi connectivity index (χ1) is 12.8. The molecule has 2 aromatic rings. The molecule has 0 fully saturated rings. The van der Waals surface area contributed by atoms with Gasteiger partial charge >= 0.3 is 0 Å². The first-order valence-electron chi connectivity index (χ1n) is 8.70. The molecular formula is C20H28IN3O3S. The van der Waals surface area contributed by atoms with Gasteiger partial charge in [-0.05, 0) is 42.3 Å². The van der Waals surface area contributed by atoms with Crippen LogP contribution < -0.4 is 10.1 Å². The number of nitrogens with zero attached hydrogens (tertiary/aromatic N) is 2. The standard InChI is InChI=1S/C20H27N3O3S.HI/c1-16-7-5-6-8-17(16)15-23(3)20(21-2)22-13-14-26-18-9-11-19(12-10-18)27(4,24)25;/h5-12H,13-15H2,1-4H3,(H,21,22);1H. The third kappa shape index (κ3) is 7.31. The van der Waals surface area contributed by atoms with Crippen molar-refractivity contribution in [1.82, 2.24) is 10.2 Å². The van der Waals surface area contributed by atoms with Gasteiger partial charge in [-0.15, -0.1) is 24.0 Å². The summed E-state index contributed by atoms with van der Waals surface area (Å²) in [6, 6.07) is 14.7. The van der Waals surface area contributed by atoms with Crippen molar-refractivity contribution >= 4 is 39.8 Å². The van der Waals surface area contributed by atoms with Gasteiger partial charge in [0.15, 0.2) is 15.8 Å². The van der Waals surface area contributed by atoms with E-state index in [1.165, 1.54) is 17.4 Å². The van der Waals surface area contributed by atoms with Gasteiger partial charge in [0.1, 0.15) is 12.4 Å². The molecule has 0 radical (unpaired) electrons. The number of sulfone groups is 1. The molecule has 0 amide bonds. The van der Waals surface area contributed by atoms with Crippen LogP contribution >= 0.6 is 24.0 Å². The molecule has 0 aliphatic rings. The second-order valence-electron chi connectivity index (χ2n) is 6.35. The summed E-state index contributed by atoms with van der Waals surface area (Å²) in [5, 5.41) is 3.27. The number of benzene rings is 2. The molecule has 154 valence electrons. The third-order valence-electron chi connectivity index (χ3n) is 4.15. The zero-order valence-electron chi connectivity index (χ0n) is 16.7. The molecule has 0 unspecified atom stereocenters. The van der Waals surface area contributed by atoms with Gasteiger partial charge < -0.3 is 15.0 Å². The Morgan fingerprint density at radius 3 is 2.36 bits per heavy atom. The number of guanidine groups is 1. The molecule has 6 nitrogen and oxygen atoms in total. The summed E-state index contributed by atoms with van der Waals surface area (Å²) in [6.07, 6.45) is 1.19. The largest absolute Gasteiger partial charge is 0.492 e. The Morgan fingerprint density at radius 2 is 1.79 bits per heavy atom. The molecule has 0 spiro atoms. The fourth-order valence-corrected chi connectivity index (χ4v) is 3.25. The number of halogens is 1. The summed E-state index contributed by atoms with van der Waals surface area (Å²) in [5.41, 5.74) is 2.51. The number of rotatable bonds is 7. The Bertz CT molecular complexity index is 884. The number of aryl methyl sites for hydroxylation is 1. The van der Waals surface area contributed by atoms with Crippen molar-refractivity contribution in [2.45, 2.75) is 18.4 Å². The van der Waals surface area contributed by atoms with Crippen molar-refractivity contribution in [2.24, 2.45) is 4.99 Å². The van der Waals surface area contributed by atoms with Gasteiger partial charge in [-0.3, -0.25) is 4.99 Å². The average Bonchev–Trinajstić information content (AvgIpc) is 2.63. The maximum atomic E-state index is 11.5. The summed E-state index contributed by atoms with van der Waals surface area (Å²) in [5.74, 6) is 1.42. The lowest BCUT2D eigenvalue weighted by Gasteiger charge is -2.23. The molecule has 0 aliphatic carbocycles. The Balaban J connectivity index is 0.00000392. The van der Waals surface area contributed by atoms with Gasteiger partial charge in [0.25, 0.3) is 0 Å². The van der Waals surface area contributed by atoms with Gasteiger partial charge in [0, 0.05) is 26.9 Å². The smallest absolute Gasteiger partial charge is 0.193 e. The van der Waals surface area contributed by atoms with Crippen LogP contribution in [0.1, 0.15) is 11.1 Å². The molecule has 28 heavy (non-hydrogen) atoms. The quantitative estimate of drug-likeness (QED) is 0.265. The SMILES string of the molecule is CN=C(NCCOc1ccc(S(C)(=O)=O)cc1)N(C)Cc1ccccc1C.I. The fraction of sp³-hybridized carbons (Fsp3) is 0.350. The molecule has 0 bridgehead atoms. The predicted molar refractivity (Wildman–Crippen MR) is 124 cm³/mol. The summed E-state index contributed by atoms with van der Waals surface area (Å²) in [6.45, 7) is 3.89. The maximum Gasteiger partial charge on any atom is 0.193 e. The number of hydrogen-bond donors (Lipinski definition) is 1. The van der Waals surface area contributed by atoms with Crippen LogP contribution in [0.3, 0.4) is 0 Å². The molecule has 2 aromatic carbocycles. The lowest BCUT2D eigenvalue weighted by Crippen LogP contribution is -2.40. The molecule has 0 heterocycles. The van der Waals surface area contributed by atoms with E-state index in [2.05, 4.69) is 34.3 Å². The third-order valence-corrected chi connectivity index (χ3v) is 5.28. The van der Waals surface area contributed by atoms with Gasteiger partial charge in [-0.1, -0.05) is 24.3 Å². The van der Waals surface area contributed by atoms with Crippen molar-refractivity contribution in [3.8, 4) is 5.75 Å². The van der Waals surface area contributed by atoms with Crippen LogP contribution in [-0.2, 0) is 16.4 Å². The molecule has 1 N–H and O–H groups in total. The molecule has 0 atom stereocenters. The molecule has 0 aliphatic heterocycles. The van der Waals surface area contributed by atoms with Gasteiger partial charge in [-0.2, -0.15) is 0 Å². The highest BCUT2D eigenvalue weighted by Gasteiger charge is 2.08. The van der Waals surface area contributed by atoms with Crippen molar-refractivity contribution in [2.75, 3.05) is 33.5 Å². The van der Waals surface area contributed by atoms with Crippen LogP contribution in [0.15, 0.2) is 58.4 Å². The second kappa shape index (κ2) is 11.3. The maximum absolute atomic E-state index is 11.5. The summed E-state index contributed by atoms with van der Waals surface area (Å²) < 4.78 is 28.6. The minimum absolute atomic E-state index is 0. The van der Waals surface area contributed by atoms with E-state index in [9.17, 15) is 8.42 Å². The molecular weight excluding hydrogens is 489 g/mol. The highest BCUT2D eigenvalue weighted by Crippen LogP contribution is 2.15. The number of ether oxygens (including phenoxy) is 1. The van der Waals surface area contributed by atoms with E-state index in [4.69, 9.17) is 4.74 Å². The summed E-state index contributed by atoms with van der Waals surface area (Å²) >= 11 is 0. The monoisotopic (exact) mass is 517 g/mol. The van der Waals surface area contributed by atoms with E-state index in [1.807, 2.05) is 19.2 Å². The minimum Gasteiger partial charge on any atom is -0.492 e. The zero-order valence-corrected chi connectivity index (χ0v) is 19.8. The lowest BCUT2D eigenvalue weighted by atomic mass is 10.1. The number of nitrogens with one attached hydrogen (secondary N) is 1. The molecule has 0 saturated heterocycles. The lowest BCUT2D eigenvalue weighted by molar-refractivity contribution is 0.319. The van der Waals surface area contributed by atoms with E-state index in [0.29, 0.717) is 18.9 Å². The van der Waals surface area contributed by atoms with E-state index in [-0.39, 0.29) is 28.9 Å². The Hall–Kier alpha value is -1.81. The normalized spacial score (nSPS) is 11.5. The average molecular weight is 517 g/mol. The van der Waals surface area contributed by atoms with Crippen LogP contribution in [0.5, 0.6) is 5.75 Å². The van der Waals surface area contributed by atoms with E-state index >= 15 is 0 Å². The molecule has 0 saturated carbocycles. The molecule has 2 rings (SSSR count). The van der Waals surface area contributed by atoms with E-state index in [1.54, 1.807) is 31.3 Å². The highest BCUT2D eigenvalue weighted by molar-refractivity contribution is 14.0. The van der Waals surface area contributed by atoms with Gasteiger partial charge in [-0.25, -0.2) is 8.42 Å². The van der Waals surface area contributed by atoms with Crippen molar-refractivity contribution < 1.29 is 13.2 Å². The first kappa shape index (κ1) is 24.2. The molecule has 8 heteroatoms. The highest BCUT2D eigenvalue weighted by atomic mass is 127. The van der Waals surface area contributed by atoms with Crippen molar-refractivity contribution in [1.29, 1.82) is 0 Å². The topological polar surface area (TPSA) is 71.0 Å². The van der Waals surface area contributed by atoms with Crippen LogP contribution in [0, 0.1) is 6.92 Å². The van der Waals surface area contributed by atoms with Crippen LogP contribution in [-0.4, -0.2) is 52.8 Å². The fourth-order valence-electron chi connectivity index (χ4n) is 2.62. The van der Waals surface area contributed by atoms with Crippen molar-refractivity contribution in [3.05, 3.63) is 59.7 Å². The Morgan fingerprint density at radius 1 is 1.14 bits per heavy atom. The summed E-state index contributed by atoms with van der Waals surface area (Å²) in [7, 11) is 0.557. The summed E-state index contributed by atoms with van der Waals surface area (Å²) in [4.78, 5) is 6.65. The van der Waals surface area contributed by atoms with Crippen molar-refractivity contribution in [3.63, 3.8) is 0 Å². The van der Waals surface area contributed by atoms with Crippen LogP contribution in [0.25, 0.3) is 0 Å². The zero-order chi connectivity index (χ0) is 19.9. The van der Waals surface area contributed by atoms with E-state index in [0.717, 1.165) is 12.5 Å². The van der Waals surface area contributed by atoms with Crippen LogP contribution in [0.4, 0.5) is 0 Å². The van der Waals surface area contributed by atoms with Gasteiger partial charge in [0.05, 0.1) is 11.4 Å². The first-order valence-corrected chi connectivity index (χ1v) is 10.6. The molecule has 0 aromatic heterocycles. The Kier molecular flexibility index (Phi) is 9.74. The Labute approximate surface area is 184 Å². The predicted octanol–water partition coefficient (Wildman–Crippen LogP) is 3.10. The second-order valence-corrected chi connectivity index (χ2v) is 8.36. The van der Waals surface area contributed by atoms with E-state index < -0.39 is 9.84 Å². The van der Waals surface area contributed by atoms with Gasteiger partial charge in [0.2, 0.25) is 0 Å².